The predicted molar refractivity (Wildman–Crippen MR) is 101 cm³/mol. The number of ether oxygens (including phenoxy) is 1. The van der Waals surface area contributed by atoms with Gasteiger partial charge < -0.3 is 21.1 Å². The second-order valence-corrected chi connectivity index (χ2v) is 6.13. The zero-order chi connectivity index (χ0) is 18.9. The third-order valence-electron chi connectivity index (χ3n) is 3.98. The van der Waals surface area contributed by atoms with Crippen LogP contribution in [0, 0.1) is 13.8 Å². The number of hydrogen-bond donors (Lipinski definition) is 3. The average molecular weight is 355 g/mol. The van der Waals surface area contributed by atoms with Crippen molar-refractivity contribution in [3.63, 3.8) is 0 Å². The Labute approximate surface area is 153 Å². The normalized spacial score (nSPS) is 11.5. The Hall–Kier alpha value is -3.02. The molecule has 6 nitrogen and oxygen atoms in total. The monoisotopic (exact) mass is 355 g/mol. The van der Waals surface area contributed by atoms with Crippen molar-refractivity contribution < 1.29 is 14.3 Å². The molecule has 0 aromatic heterocycles. The first kappa shape index (κ1) is 19.3. The van der Waals surface area contributed by atoms with E-state index < -0.39 is 12.1 Å². The van der Waals surface area contributed by atoms with Crippen LogP contribution in [0.3, 0.4) is 0 Å². The SMILES string of the molecule is Cc1ccc(OCCNC(=O)CC(NC(N)=O)c2ccccc2C)cc1. The van der Waals surface area contributed by atoms with E-state index in [0.717, 1.165) is 22.4 Å². The first-order valence-electron chi connectivity index (χ1n) is 8.53. The lowest BCUT2D eigenvalue weighted by Crippen LogP contribution is -2.37. The molecule has 4 N–H and O–H groups in total. The molecule has 0 saturated carbocycles. The molecule has 2 rings (SSSR count). The maximum Gasteiger partial charge on any atom is 0.312 e. The maximum atomic E-state index is 12.2. The van der Waals surface area contributed by atoms with Crippen LogP contribution in [0.4, 0.5) is 4.79 Å². The van der Waals surface area contributed by atoms with Crippen LogP contribution in [-0.4, -0.2) is 25.1 Å². The highest BCUT2D eigenvalue weighted by Gasteiger charge is 2.18. The largest absolute Gasteiger partial charge is 0.492 e. The van der Waals surface area contributed by atoms with Gasteiger partial charge in [0.25, 0.3) is 0 Å². The summed E-state index contributed by atoms with van der Waals surface area (Å²) in [7, 11) is 0. The van der Waals surface area contributed by atoms with Gasteiger partial charge in [0.1, 0.15) is 12.4 Å². The van der Waals surface area contributed by atoms with Gasteiger partial charge in [-0.25, -0.2) is 4.79 Å². The number of benzene rings is 2. The van der Waals surface area contributed by atoms with E-state index in [-0.39, 0.29) is 12.3 Å². The lowest BCUT2D eigenvalue weighted by atomic mass is 9.98. The molecule has 0 heterocycles. The van der Waals surface area contributed by atoms with Crippen molar-refractivity contribution in [3.8, 4) is 5.75 Å². The summed E-state index contributed by atoms with van der Waals surface area (Å²) in [5.74, 6) is 0.581. The minimum Gasteiger partial charge on any atom is -0.492 e. The van der Waals surface area contributed by atoms with Gasteiger partial charge >= 0.3 is 6.03 Å². The van der Waals surface area contributed by atoms with Gasteiger partial charge in [-0.1, -0.05) is 42.0 Å². The smallest absolute Gasteiger partial charge is 0.312 e. The molecular formula is C20H25N3O3. The van der Waals surface area contributed by atoms with Crippen LogP contribution in [-0.2, 0) is 4.79 Å². The van der Waals surface area contributed by atoms with Gasteiger partial charge in [0.05, 0.1) is 19.0 Å². The summed E-state index contributed by atoms with van der Waals surface area (Å²) >= 11 is 0. The van der Waals surface area contributed by atoms with Gasteiger partial charge in [-0.15, -0.1) is 0 Å². The minimum atomic E-state index is -0.659. The van der Waals surface area contributed by atoms with Crippen LogP contribution >= 0.6 is 0 Å². The van der Waals surface area contributed by atoms with Crippen molar-refractivity contribution in [2.75, 3.05) is 13.2 Å². The number of nitrogens with two attached hydrogens (primary N) is 1. The second kappa shape index (κ2) is 9.46. The van der Waals surface area contributed by atoms with Gasteiger partial charge in [-0.2, -0.15) is 0 Å². The minimum absolute atomic E-state index is 0.109. The Bertz CT molecular complexity index is 744. The summed E-state index contributed by atoms with van der Waals surface area (Å²) in [6, 6.07) is 14.2. The lowest BCUT2D eigenvalue weighted by molar-refractivity contribution is -0.121. The number of carbonyl (C=O) groups excluding carboxylic acids is 2. The van der Waals surface area contributed by atoms with Crippen LogP contribution in [0.25, 0.3) is 0 Å². The lowest BCUT2D eigenvalue weighted by Gasteiger charge is -2.19. The van der Waals surface area contributed by atoms with Crippen molar-refractivity contribution in [1.29, 1.82) is 0 Å². The van der Waals surface area contributed by atoms with E-state index in [2.05, 4.69) is 10.6 Å². The molecule has 6 heteroatoms. The first-order chi connectivity index (χ1) is 12.5. The molecule has 0 spiro atoms. The highest BCUT2D eigenvalue weighted by atomic mass is 16.5. The molecule has 1 unspecified atom stereocenters. The topological polar surface area (TPSA) is 93.4 Å². The number of nitrogens with one attached hydrogen (secondary N) is 2. The number of carbonyl (C=O) groups is 2. The van der Waals surface area contributed by atoms with Crippen molar-refractivity contribution in [2.45, 2.75) is 26.3 Å². The predicted octanol–water partition coefficient (Wildman–Crippen LogP) is 2.60. The fourth-order valence-electron chi connectivity index (χ4n) is 2.64. The molecule has 0 aliphatic rings. The number of hydrogen-bond acceptors (Lipinski definition) is 3. The van der Waals surface area contributed by atoms with Gasteiger partial charge in [0.15, 0.2) is 0 Å². The van der Waals surface area contributed by atoms with Gasteiger partial charge in [-0.3, -0.25) is 4.79 Å². The van der Waals surface area contributed by atoms with Crippen LogP contribution in [0.1, 0.15) is 29.2 Å². The van der Waals surface area contributed by atoms with E-state index >= 15 is 0 Å². The fourth-order valence-corrected chi connectivity index (χ4v) is 2.64. The molecule has 0 saturated heterocycles. The molecular weight excluding hydrogens is 330 g/mol. The Morgan fingerprint density at radius 2 is 1.77 bits per heavy atom. The molecule has 3 amide bonds. The summed E-state index contributed by atoms with van der Waals surface area (Å²) in [5.41, 5.74) is 8.27. The molecule has 0 fully saturated rings. The molecule has 0 aliphatic heterocycles. The third-order valence-corrected chi connectivity index (χ3v) is 3.98. The van der Waals surface area contributed by atoms with Crippen LogP contribution in [0.2, 0.25) is 0 Å². The highest BCUT2D eigenvalue weighted by Crippen LogP contribution is 2.20. The summed E-state index contributed by atoms with van der Waals surface area (Å²) in [6.07, 6.45) is 0.109. The number of aryl methyl sites for hydroxylation is 2. The van der Waals surface area contributed by atoms with Gasteiger partial charge in [0, 0.05) is 0 Å². The zero-order valence-corrected chi connectivity index (χ0v) is 15.1. The van der Waals surface area contributed by atoms with Crippen molar-refractivity contribution in [2.24, 2.45) is 5.73 Å². The molecule has 26 heavy (non-hydrogen) atoms. The second-order valence-electron chi connectivity index (χ2n) is 6.13. The van der Waals surface area contributed by atoms with Crippen molar-refractivity contribution in [3.05, 3.63) is 65.2 Å². The molecule has 0 radical (unpaired) electrons. The van der Waals surface area contributed by atoms with Gasteiger partial charge in [0.2, 0.25) is 5.91 Å². The third kappa shape index (κ3) is 6.12. The van der Waals surface area contributed by atoms with E-state index in [1.54, 1.807) is 0 Å². The Morgan fingerprint density at radius 1 is 1.08 bits per heavy atom. The molecule has 138 valence electrons. The maximum absolute atomic E-state index is 12.2. The molecule has 0 bridgehead atoms. The van der Waals surface area contributed by atoms with Crippen LogP contribution < -0.4 is 21.1 Å². The standard InChI is InChI=1S/C20H25N3O3/c1-14-7-9-16(10-8-14)26-12-11-22-19(24)13-18(23-20(21)25)17-6-4-3-5-15(17)2/h3-10,18H,11-13H2,1-2H3,(H,22,24)(H3,21,23,25). The Kier molecular flexibility index (Phi) is 7.02. The summed E-state index contributed by atoms with van der Waals surface area (Å²) in [6.45, 7) is 4.68. The number of rotatable bonds is 8. The molecule has 2 aromatic rings. The van der Waals surface area contributed by atoms with Crippen molar-refractivity contribution in [1.82, 2.24) is 10.6 Å². The van der Waals surface area contributed by atoms with E-state index in [9.17, 15) is 9.59 Å². The molecule has 0 aliphatic carbocycles. The van der Waals surface area contributed by atoms with E-state index in [4.69, 9.17) is 10.5 Å². The van der Waals surface area contributed by atoms with Crippen LogP contribution in [0.5, 0.6) is 5.75 Å². The average Bonchev–Trinajstić information content (AvgIpc) is 2.60. The first-order valence-corrected chi connectivity index (χ1v) is 8.53. The summed E-state index contributed by atoms with van der Waals surface area (Å²) in [5, 5.41) is 5.44. The summed E-state index contributed by atoms with van der Waals surface area (Å²) in [4.78, 5) is 23.5. The van der Waals surface area contributed by atoms with E-state index in [0.29, 0.717) is 13.2 Å². The number of primary amides is 1. The molecule has 2 aromatic carbocycles. The van der Waals surface area contributed by atoms with Crippen molar-refractivity contribution >= 4 is 11.9 Å². The van der Waals surface area contributed by atoms with Crippen LogP contribution in [0.15, 0.2) is 48.5 Å². The number of amides is 3. The van der Waals surface area contributed by atoms with Gasteiger partial charge in [-0.05, 0) is 37.1 Å². The Morgan fingerprint density at radius 3 is 2.42 bits per heavy atom. The molecule has 1 atom stereocenters. The Balaban J connectivity index is 1.84. The summed E-state index contributed by atoms with van der Waals surface area (Å²) < 4.78 is 5.58. The fraction of sp³-hybridized carbons (Fsp3) is 0.300. The zero-order valence-electron chi connectivity index (χ0n) is 15.1. The van der Waals surface area contributed by atoms with E-state index in [1.165, 1.54) is 0 Å². The highest BCUT2D eigenvalue weighted by molar-refractivity contribution is 5.78. The number of urea groups is 1. The van der Waals surface area contributed by atoms with E-state index in [1.807, 2.05) is 62.4 Å². The quantitative estimate of drug-likeness (QED) is 0.635.